The summed E-state index contributed by atoms with van der Waals surface area (Å²) < 4.78 is 0. The van der Waals surface area contributed by atoms with Gasteiger partial charge in [-0.25, -0.2) is 0 Å². The lowest BCUT2D eigenvalue weighted by molar-refractivity contribution is 0.243. The summed E-state index contributed by atoms with van der Waals surface area (Å²) in [5.41, 5.74) is 0.949. The Kier molecular flexibility index (Phi) is 4.87. The van der Waals surface area contributed by atoms with E-state index in [0.717, 1.165) is 5.56 Å². The first-order chi connectivity index (χ1) is 7.04. The van der Waals surface area contributed by atoms with Crippen molar-refractivity contribution in [2.75, 3.05) is 6.61 Å². The van der Waals surface area contributed by atoms with Crippen molar-refractivity contribution in [3.8, 4) is 0 Å². The zero-order chi connectivity index (χ0) is 11.4. The molecule has 15 heavy (non-hydrogen) atoms. The minimum atomic E-state index is 0.0371. The fraction of sp³-hybridized carbons (Fsp3) is 0.455. The van der Waals surface area contributed by atoms with Crippen LogP contribution >= 0.6 is 23.2 Å². The Balaban J connectivity index is 2.80. The first kappa shape index (κ1) is 12.8. The number of halogens is 2. The molecule has 1 aromatic rings. The van der Waals surface area contributed by atoms with E-state index in [4.69, 9.17) is 28.3 Å². The summed E-state index contributed by atoms with van der Waals surface area (Å²) in [7, 11) is 0. The molecular formula is C11H15Cl2NO. The van der Waals surface area contributed by atoms with Crippen molar-refractivity contribution < 1.29 is 5.11 Å². The largest absolute Gasteiger partial charge is 0.395 e. The second kappa shape index (κ2) is 5.71. The second-order valence-electron chi connectivity index (χ2n) is 3.64. The fourth-order valence-electron chi connectivity index (χ4n) is 1.42. The number of aliphatic hydroxyl groups is 1. The molecule has 0 amide bonds. The van der Waals surface area contributed by atoms with E-state index in [1.807, 2.05) is 19.9 Å². The second-order valence-corrected chi connectivity index (χ2v) is 4.48. The third-order valence-electron chi connectivity index (χ3n) is 2.23. The molecule has 4 heteroatoms. The molecule has 2 N–H and O–H groups in total. The van der Waals surface area contributed by atoms with Crippen molar-refractivity contribution in [1.29, 1.82) is 0 Å². The number of benzene rings is 1. The Labute approximate surface area is 100 Å². The van der Waals surface area contributed by atoms with Gasteiger partial charge in [-0.15, -0.1) is 0 Å². The summed E-state index contributed by atoms with van der Waals surface area (Å²) in [6.45, 7) is 4.00. The molecule has 0 aliphatic carbocycles. The summed E-state index contributed by atoms with van der Waals surface area (Å²) in [5.74, 6) is 0. The lowest BCUT2D eigenvalue weighted by atomic mass is 10.1. The standard InChI is InChI=1S/C11H15Cl2NO/c1-7(6-15)14-8(2)10-5-9(12)3-4-11(10)13/h3-5,7-8,14-15H,6H2,1-2H3/t7-,8+/m0/s1. The van der Waals surface area contributed by atoms with Gasteiger partial charge in [-0.1, -0.05) is 23.2 Å². The van der Waals surface area contributed by atoms with Gasteiger partial charge in [-0.05, 0) is 37.6 Å². The van der Waals surface area contributed by atoms with Crippen LogP contribution in [0.15, 0.2) is 18.2 Å². The number of hydrogen-bond acceptors (Lipinski definition) is 2. The maximum Gasteiger partial charge on any atom is 0.0582 e. The lowest BCUT2D eigenvalue weighted by Gasteiger charge is -2.19. The van der Waals surface area contributed by atoms with Crippen LogP contribution in [0.2, 0.25) is 10.0 Å². The minimum absolute atomic E-state index is 0.0371. The molecule has 0 spiro atoms. The van der Waals surface area contributed by atoms with E-state index in [9.17, 15) is 0 Å². The van der Waals surface area contributed by atoms with Crippen LogP contribution in [0.5, 0.6) is 0 Å². The van der Waals surface area contributed by atoms with Gasteiger partial charge >= 0.3 is 0 Å². The van der Waals surface area contributed by atoms with Crippen molar-refractivity contribution in [3.63, 3.8) is 0 Å². The maximum atomic E-state index is 8.93. The highest BCUT2D eigenvalue weighted by Gasteiger charge is 2.12. The van der Waals surface area contributed by atoms with Gasteiger partial charge in [0, 0.05) is 22.1 Å². The Hall–Kier alpha value is -0.280. The minimum Gasteiger partial charge on any atom is -0.395 e. The number of hydrogen-bond donors (Lipinski definition) is 2. The highest BCUT2D eigenvalue weighted by molar-refractivity contribution is 6.33. The van der Waals surface area contributed by atoms with E-state index in [2.05, 4.69) is 5.32 Å². The fourth-order valence-corrected chi connectivity index (χ4v) is 1.88. The highest BCUT2D eigenvalue weighted by atomic mass is 35.5. The number of rotatable bonds is 4. The van der Waals surface area contributed by atoms with Crippen LogP contribution in [0.3, 0.4) is 0 Å². The van der Waals surface area contributed by atoms with Gasteiger partial charge in [-0.3, -0.25) is 0 Å². The van der Waals surface area contributed by atoms with Crippen LogP contribution in [-0.2, 0) is 0 Å². The van der Waals surface area contributed by atoms with Crippen LogP contribution < -0.4 is 5.32 Å². The zero-order valence-corrected chi connectivity index (χ0v) is 10.3. The number of aliphatic hydroxyl groups excluding tert-OH is 1. The van der Waals surface area contributed by atoms with Gasteiger partial charge in [0.2, 0.25) is 0 Å². The Morgan fingerprint density at radius 3 is 2.60 bits per heavy atom. The van der Waals surface area contributed by atoms with Crippen LogP contribution in [0.25, 0.3) is 0 Å². The van der Waals surface area contributed by atoms with Crippen molar-refractivity contribution in [2.45, 2.75) is 25.9 Å². The topological polar surface area (TPSA) is 32.3 Å². The third kappa shape index (κ3) is 3.65. The molecule has 0 unspecified atom stereocenters. The number of nitrogens with one attached hydrogen (secondary N) is 1. The molecule has 84 valence electrons. The SMILES string of the molecule is C[C@@H](CO)N[C@H](C)c1cc(Cl)ccc1Cl. The van der Waals surface area contributed by atoms with E-state index < -0.39 is 0 Å². The summed E-state index contributed by atoms with van der Waals surface area (Å²) in [6.07, 6.45) is 0. The first-order valence-electron chi connectivity index (χ1n) is 4.86. The predicted molar refractivity (Wildman–Crippen MR) is 64.6 cm³/mol. The third-order valence-corrected chi connectivity index (χ3v) is 2.81. The molecule has 2 nitrogen and oxygen atoms in total. The summed E-state index contributed by atoms with van der Waals surface area (Å²) in [4.78, 5) is 0. The van der Waals surface area contributed by atoms with Crippen molar-refractivity contribution >= 4 is 23.2 Å². The van der Waals surface area contributed by atoms with Crippen molar-refractivity contribution in [1.82, 2.24) is 5.32 Å². The highest BCUT2D eigenvalue weighted by Crippen LogP contribution is 2.26. The molecule has 1 rings (SSSR count). The van der Waals surface area contributed by atoms with Gasteiger partial charge < -0.3 is 10.4 Å². The summed E-state index contributed by atoms with van der Waals surface area (Å²) >= 11 is 12.0. The van der Waals surface area contributed by atoms with Crippen LogP contribution in [0.4, 0.5) is 0 Å². The smallest absolute Gasteiger partial charge is 0.0582 e. The Morgan fingerprint density at radius 1 is 1.33 bits per heavy atom. The van der Waals surface area contributed by atoms with Gasteiger partial charge in [0.05, 0.1) is 6.61 Å². The monoisotopic (exact) mass is 247 g/mol. The molecule has 0 aliphatic rings. The van der Waals surface area contributed by atoms with E-state index in [1.165, 1.54) is 0 Å². The Bertz CT molecular complexity index is 330. The summed E-state index contributed by atoms with van der Waals surface area (Å²) in [6, 6.07) is 5.48. The zero-order valence-electron chi connectivity index (χ0n) is 8.80. The maximum absolute atomic E-state index is 8.93. The Morgan fingerprint density at radius 2 is 2.00 bits per heavy atom. The van der Waals surface area contributed by atoms with Crippen LogP contribution in [0, 0.1) is 0 Å². The normalized spacial score (nSPS) is 15.0. The van der Waals surface area contributed by atoms with E-state index in [0.29, 0.717) is 10.0 Å². The van der Waals surface area contributed by atoms with Crippen LogP contribution in [0.1, 0.15) is 25.5 Å². The molecule has 0 saturated carbocycles. The van der Waals surface area contributed by atoms with Gasteiger partial charge in [-0.2, -0.15) is 0 Å². The molecule has 0 aromatic heterocycles. The molecule has 0 aliphatic heterocycles. The lowest BCUT2D eigenvalue weighted by Crippen LogP contribution is -2.31. The average molecular weight is 248 g/mol. The van der Waals surface area contributed by atoms with Crippen molar-refractivity contribution in [3.05, 3.63) is 33.8 Å². The van der Waals surface area contributed by atoms with Crippen molar-refractivity contribution in [2.24, 2.45) is 0 Å². The van der Waals surface area contributed by atoms with Crippen LogP contribution in [-0.4, -0.2) is 17.8 Å². The molecular weight excluding hydrogens is 233 g/mol. The van der Waals surface area contributed by atoms with Gasteiger partial charge in [0.25, 0.3) is 0 Å². The molecule has 2 atom stereocenters. The molecule has 0 bridgehead atoms. The van der Waals surface area contributed by atoms with Gasteiger partial charge in [0.1, 0.15) is 0 Å². The molecule has 0 saturated heterocycles. The molecule has 0 radical (unpaired) electrons. The van der Waals surface area contributed by atoms with E-state index >= 15 is 0 Å². The van der Waals surface area contributed by atoms with E-state index in [1.54, 1.807) is 12.1 Å². The molecule has 0 heterocycles. The quantitative estimate of drug-likeness (QED) is 0.858. The first-order valence-corrected chi connectivity index (χ1v) is 5.62. The van der Waals surface area contributed by atoms with Gasteiger partial charge in [0.15, 0.2) is 0 Å². The van der Waals surface area contributed by atoms with E-state index in [-0.39, 0.29) is 18.7 Å². The molecule has 0 fully saturated rings. The molecule has 1 aromatic carbocycles. The predicted octanol–water partition coefficient (Wildman–Crippen LogP) is 3.02. The average Bonchev–Trinajstić information content (AvgIpc) is 2.21. The summed E-state index contributed by atoms with van der Waals surface area (Å²) in [5, 5.41) is 13.5.